The van der Waals surface area contributed by atoms with Crippen LogP contribution in [0.2, 0.25) is 0 Å². The van der Waals surface area contributed by atoms with Gasteiger partial charge in [-0.1, -0.05) is 27.7 Å². The number of carbonyl (C=O) groups is 2. The fraction of sp³-hybridized carbons (Fsp3) is 0.833. The number of hydrogen-bond acceptors (Lipinski definition) is 2. The molecule has 2 nitrogen and oxygen atoms in total. The van der Waals surface area contributed by atoms with Gasteiger partial charge in [0.1, 0.15) is 11.6 Å². The molecule has 0 radical (unpaired) electrons. The minimum atomic E-state index is -0.327. The van der Waals surface area contributed by atoms with Crippen LogP contribution in [0.1, 0.15) is 47.0 Å². The Morgan fingerprint density at radius 3 is 2.14 bits per heavy atom. The summed E-state index contributed by atoms with van der Waals surface area (Å²) in [7, 11) is 0. The highest BCUT2D eigenvalue weighted by Crippen LogP contribution is 2.53. The summed E-state index contributed by atoms with van der Waals surface area (Å²) in [5.41, 5.74) is 0.151. The van der Waals surface area contributed by atoms with Crippen molar-refractivity contribution in [3.8, 4) is 0 Å². The molecule has 1 aliphatic carbocycles. The Bertz CT molecular complexity index is 253. The molecular weight excluding hydrogens is 176 g/mol. The van der Waals surface area contributed by atoms with Crippen molar-refractivity contribution >= 4 is 11.6 Å². The molecule has 1 aliphatic rings. The molecule has 0 aromatic carbocycles. The molecule has 0 aliphatic heterocycles. The van der Waals surface area contributed by atoms with Gasteiger partial charge in [-0.15, -0.1) is 0 Å². The first-order chi connectivity index (χ1) is 6.44. The predicted molar refractivity (Wildman–Crippen MR) is 56.0 cm³/mol. The number of carbonyl (C=O) groups excluding carboxylic acids is 2. The summed E-state index contributed by atoms with van der Waals surface area (Å²) in [4.78, 5) is 23.4. The standard InChI is InChI=1S/C12H20O2/c1-5-8(10(13)6-2)11(14)9-7-12(9,3)4/h8-9H,5-7H2,1-4H3. The Kier molecular flexibility index (Phi) is 3.13. The Hall–Kier alpha value is -0.660. The summed E-state index contributed by atoms with van der Waals surface area (Å²) in [5.74, 6) is 0.110. The van der Waals surface area contributed by atoms with E-state index in [-0.39, 0.29) is 28.8 Å². The first kappa shape index (κ1) is 11.4. The second-order valence-corrected chi connectivity index (χ2v) is 4.93. The number of rotatable bonds is 5. The maximum Gasteiger partial charge on any atom is 0.146 e. The van der Waals surface area contributed by atoms with Gasteiger partial charge in [0.05, 0.1) is 5.92 Å². The smallest absolute Gasteiger partial charge is 0.146 e. The van der Waals surface area contributed by atoms with Crippen molar-refractivity contribution in [2.45, 2.75) is 47.0 Å². The van der Waals surface area contributed by atoms with Gasteiger partial charge < -0.3 is 0 Å². The van der Waals surface area contributed by atoms with Crippen molar-refractivity contribution in [2.24, 2.45) is 17.3 Å². The van der Waals surface area contributed by atoms with Crippen molar-refractivity contribution in [3.63, 3.8) is 0 Å². The lowest BCUT2D eigenvalue weighted by Crippen LogP contribution is -2.25. The minimum Gasteiger partial charge on any atom is -0.299 e. The molecule has 0 N–H and O–H groups in total. The van der Waals surface area contributed by atoms with Crippen molar-refractivity contribution in [3.05, 3.63) is 0 Å². The number of Topliss-reactive ketones (excluding diaryl/α,β-unsaturated/α-hetero) is 2. The molecule has 80 valence electrons. The molecule has 0 heterocycles. The Morgan fingerprint density at radius 1 is 1.36 bits per heavy atom. The van der Waals surface area contributed by atoms with E-state index in [4.69, 9.17) is 0 Å². The van der Waals surface area contributed by atoms with Gasteiger partial charge in [-0.3, -0.25) is 9.59 Å². The maximum absolute atomic E-state index is 11.9. The first-order valence-electron chi connectivity index (χ1n) is 5.50. The van der Waals surface area contributed by atoms with Gasteiger partial charge in [0.25, 0.3) is 0 Å². The quantitative estimate of drug-likeness (QED) is 0.633. The maximum atomic E-state index is 11.9. The Labute approximate surface area is 86.1 Å². The third-order valence-corrected chi connectivity index (χ3v) is 3.35. The van der Waals surface area contributed by atoms with Gasteiger partial charge in [-0.25, -0.2) is 0 Å². The summed E-state index contributed by atoms with van der Waals surface area (Å²) in [5, 5.41) is 0. The normalized spacial score (nSPS) is 25.6. The van der Waals surface area contributed by atoms with Crippen LogP contribution in [0, 0.1) is 17.3 Å². The highest BCUT2D eigenvalue weighted by Gasteiger charge is 2.52. The summed E-state index contributed by atoms with van der Waals surface area (Å²) in [6.07, 6.45) is 2.11. The van der Waals surface area contributed by atoms with Crippen LogP contribution in [0.5, 0.6) is 0 Å². The SMILES string of the molecule is CCC(=O)C(CC)C(=O)C1CC1(C)C. The van der Waals surface area contributed by atoms with Crippen molar-refractivity contribution in [1.82, 2.24) is 0 Å². The molecular formula is C12H20O2. The van der Waals surface area contributed by atoms with E-state index in [1.165, 1.54) is 0 Å². The average molecular weight is 196 g/mol. The molecule has 1 fully saturated rings. The second-order valence-electron chi connectivity index (χ2n) is 4.93. The van der Waals surface area contributed by atoms with Crippen molar-refractivity contribution < 1.29 is 9.59 Å². The lowest BCUT2D eigenvalue weighted by Gasteiger charge is -2.12. The third kappa shape index (κ3) is 2.05. The van der Waals surface area contributed by atoms with E-state index in [1.807, 2.05) is 13.8 Å². The van der Waals surface area contributed by atoms with E-state index in [9.17, 15) is 9.59 Å². The molecule has 0 amide bonds. The summed E-state index contributed by atoms with van der Waals surface area (Å²) in [6.45, 7) is 7.94. The lowest BCUT2D eigenvalue weighted by molar-refractivity contribution is -0.133. The fourth-order valence-corrected chi connectivity index (χ4v) is 2.03. The fourth-order valence-electron chi connectivity index (χ4n) is 2.03. The summed E-state index contributed by atoms with van der Waals surface area (Å²) >= 11 is 0. The van der Waals surface area contributed by atoms with Crippen LogP contribution in [-0.4, -0.2) is 11.6 Å². The van der Waals surface area contributed by atoms with E-state index in [2.05, 4.69) is 13.8 Å². The summed E-state index contributed by atoms with van der Waals surface area (Å²) < 4.78 is 0. The molecule has 0 aromatic heterocycles. The molecule has 0 saturated heterocycles. The predicted octanol–water partition coefficient (Wildman–Crippen LogP) is 2.61. The highest BCUT2D eigenvalue weighted by molar-refractivity contribution is 6.04. The zero-order chi connectivity index (χ0) is 10.9. The molecule has 2 heteroatoms. The van der Waals surface area contributed by atoms with E-state index < -0.39 is 0 Å². The molecule has 1 saturated carbocycles. The average Bonchev–Trinajstić information content (AvgIpc) is 2.76. The van der Waals surface area contributed by atoms with Gasteiger partial charge in [0, 0.05) is 12.3 Å². The van der Waals surface area contributed by atoms with E-state index in [0.29, 0.717) is 12.8 Å². The summed E-state index contributed by atoms with van der Waals surface area (Å²) in [6, 6.07) is 0. The third-order valence-electron chi connectivity index (χ3n) is 3.35. The topological polar surface area (TPSA) is 34.1 Å². The molecule has 0 aromatic rings. The van der Waals surface area contributed by atoms with Crippen LogP contribution in [-0.2, 0) is 9.59 Å². The van der Waals surface area contributed by atoms with E-state index >= 15 is 0 Å². The number of ketones is 2. The molecule has 1 rings (SSSR count). The molecule has 0 spiro atoms. The van der Waals surface area contributed by atoms with Gasteiger partial charge in [-0.2, -0.15) is 0 Å². The Morgan fingerprint density at radius 2 is 1.86 bits per heavy atom. The molecule has 14 heavy (non-hydrogen) atoms. The van der Waals surface area contributed by atoms with E-state index in [0.717, 1.165) is 6.42 Å². The zero-order valence-corrected chi connectivity index (χ0v) is 9.59. The minimum absolute atomic E-state index is 0.111. The van der Waals surface area contributed by atoms with Crippen LogP contribution in [0.25, 0.3) is 0 Å². The van der Waals surface area contributed by atoms with Gasteiger partial charge in [0.15, 0.2) is 0 Å². The van der Waals surface area contributed by atoms with Gasteiger partial charge >= 0.3 is 0 Å². The van der Waals surface area contributed by atoms with Crippen LogP contribution < -0.4 is 0 Å². The Balaban J connectivity index is 2.63. The highest BCUT2D eigenvalue weighted by atomic mass is 16.2. The van der Waals surface area contributed by atoms with Crippen molar-refractivity contribution in [1.29, 1.82) is 0 Å². The van der Waals surface area contributed by atoms with Crippen LogP contribution >= 0.6 is 0 Å². The molecule has 0 bridgehead atoms. The van der Waals surface area contributed by atoms with Crippen LogP contribution in [0.15, 0.2) is 0 Å². The van der Waals surface area contributed by atoms with Crippen molar-refractivity contribution in [2.75, 3.05) is 0 Å². The van der Waals surface area contributed by atoms with E-state index in [1.54, 1.807) is 0 Å². The zero-order valence-electron chi connectivity index (χ0n) is 9.59. The first-order valence-corrected chi connectivity index (χ1v) is 5.50. The second kappa shape index (κ2) is 3.84. The lowest BCUT2D eigenvalue weighted by atomic mass is 9.89. The van der Waals surface area contributed by atoms with Gasteiger partial charge in [-0.05, 0) is 18.3 Å². The molecule has 2 atom stereocenters. The van der Waals surface area contributed by atoms with Crippen LogP contribution in [0.4, 0.5) is 0 Å². The molecule has 2 unspecified atom stereocenters. The largest absolute Gasteiger partial charge is 0.299 e. The monoisotopic (exact) mass is 196 g/mol. The number of hydrogen-bond donors (Lipinski definition) is 0. The van der Waals surface area contributed by atoms with Gasteiger partial charge in [0.2, 0.25) is 0 Å². The van der Waals surface area contributed by atoms with Crippen LogP contribution in [0.3, 0.4) is 0 Å².